The summed E-state index contributed by atoms with van der Waals surface area (Å²) in [4.78, 5) is 14.1. The third-order valence-electron chi connectivity index (χ3n) is 4.45. The lowest BCUT2D eigenvalue weighted by Crippen LogP contribution is -2.34. The first-order valence-corrected chi connectivity index (χ1v) is 6.17. The van der Waals surface area contributed by atoms with Gasteiger partial charge in [0.15, 0.2) is 0 Å². The molecule has 3 rings (SSSR count). The molecule has 3 fully saturated rings. The van der Waals surface area contributed by atoms with E-state index in [0.717, 1.165) is 44.2 Å². The monoisotopic (exact) mass is 209 g/mol. The molecule has 3 heteroatoms. The quantitative estimate of drug-likeness (QED) is 0.733. The molecule has 1 N–H and O–H groups in total. The number of carbonyl (C=O) groups excluding carboxylic acids is 1. The normalized spacial score (nSPS) is 43.1. The number of aliphatic hydroxyl groups excluding tert-OH is 1. The average Bonchev–Trinajstić information content (AvgIpc) is 2.73. The van der Waals surface area contributed by atoms with E-state index < -0.39 is 0 Å². The summed E-state index contributed by atoms with van der Waals surface area (Å²) in [5.74, 6) is 2.81. The van der Waals surface area contributed by atoms with Crippen molar-refractivity contribution in [3.05, 3.63) is 0 Å². The molecule has 2 saturated carbocycles. The fourth-order valence-electron chi connectivity index (χ4n) is 3.36. The third-order valence-corrected chi connectivity index (χ3v) is 4.45. The summed E-state index contributed by atoms with van der Waals surface area (Å²) in [5.41, 5.74) is 0. The zero-order valence-electron chi connectivity index (χ0n) is 9.06. The summed E-state index contributed by atoms with van der Waals surface area (Å²) >= 11 is 0. The molecule has 1 saturated heterocycles. The van der Waals surface area contributed by atoms with Crippen molar-refractivity contribution >= 4 is 5.91 Å². The standard InChI is InChI=1S/C12H19NO2/c14-7-8-1-2-13(6-8)12(15)11-4-9-3-10(9)5-11/h8-11,14H,1-7H2. The van der Waals surface area contributed by atoms with E-state index in [4.69, 9.17) is 5.11 Å². The Hall–Kier alpha value is -0.570. The van der Waals surface area contributed by atoms with Gasteiger partial charge in [-0.05, 0) is 37.5 Å². The summed E-state index contributed by atoms with van der Waals surface area (Å²) in [6, 6.07) is 0. The highest BCUT2D eigenvalue weighted by molar-refractivity contribution is 5.79. The summed E-state index contributed by atoms with van der Waals surface area (Å²) in [6.45, 7) is 1.90. The van der Waals surface area contributed by atoms with Crippen LogP contribution in [0.2, 0.25) is 0 Å². The maximum absolute atomic E-state index is 12.1. The van der Waals surface area contributed by atoms with Crippen LogP contribution in [-0.4, -0.2) is 35.6 Å². The van der Waals surface area contributed by atoms with Gasteiger partial charge in [-0.2, -0.15) is 0 Å². The van der Waals surface area contributed by atoms with Crippen molar-refractivity contribution in [3.8, 4) is 0 Å². The highest BCUT2D eigenvalue weighted by atomic mass is 16.3. The van der Waals surface area contributed by atoms with Gasteiger partial charge in [-0.15, -0.1) is 0 Å². The van der Waals surface area contributed by atoms with Gasteiger partial charge in [0, 0.05) is 31.5 Å². The molecule has 3 atom stereocenters. The van der Waals surface area contributed by atoms with E-state index in [0.29, 0.717) is 17.7 Å². The van der Waals surface area contributed by atoms with E-state index in [1.165, 1.54) is 6.42 Å². The molecule has 0 aromatic carbocycles. The van der Waals surface area contributed by atoms with Crippen molar-refractivity contribution in [2.45, 2.75) is 25.7 Å². The molecule has 1 amide bonds. The highest BCUT2D eigenvalue weighted by Gasteiger charge is 2.49. The van der Waals surface area contributed by atoms with E-state index in [1.54, 1.807) is 0 Å². The van der Waals surface area contributed by atoms with Gasteiger partial charge in [-0.1, -0.05) is 0 Å². The second-order valence-electron chi connectivity index (χ2n) is 5.55. The minimum Gasteiger partial charge on any atom is -0.396 e. The minimum absolute atomic E-state index is 0.236. The number of hydrogen-bond acceptors (Lipinski definition) is 2. The lowest BCUT2D eigenvalue weighted by atomic mass is 10.0. The van der Waals surface area contributed by atoms with E-state index in [9.17, 15) is 4.79 Å². The molecule has 1 heterocycles. The Morgan fingerprint density at radius 2 is 2.00 bits per heavy atom. The maximum Gasteiger partial charge on any atom is 0.225 e. The fourth-order valence-corrected chi connectivity index (χ4v) is 3.36. The minimum atomic E-state index is 0.236. The smallest absolute Gasteiger partial charge is 0.225 e. The van der Waals surface area contributed by atoms with E-state index in [1.807, 2.05) is 4.90 Å². The summed E-state index contributed by atoms with van der Waals surface area (Å²) in [5, 5.41) is 9.04. The predicted octanol–water partition coefficient (Wildman–Crippen LogP) is 0.873. The zero-order valence-corrected chi connectivity index (χ0v) is 9.06. The van der Waals surface area contributed by atoms with Gasteiger partial charge in [0.25, 0.3) is 0 Å². The van der Waals surface area contributed by atoms with Gasteiger partial charge in [-0.3, -0.25) is 4.79 Å². The van der Waals surface area contributed by atoms with Crippen LogP contribution in [0, 0.1) is 23.7 Å². The van der Waals surface area contributed by atoms with Crippen LogP contribution in [0.1, 0.15) is 25.7 Å². The Labute approximate surface area is 90.5 Å². The van der Waals surface area contributed by atoms with Crippen molar-refractivity contribution in [1.82, 2.24) is 4.90 Å². The van der Waals surface area contributed by atoms with E-state index in [2.05, 4.69) is 0 Å². The number of fused-ring (bicyclic) bond motifs is 1. The number of amides is 1. The van der Waals surface area contributed by atoms with Crippen LogP contribution in [0.15, 0.2) is 0 Å². The van der Waals surface area contributed by atoms with Crippen LogP contribution in [-0.2, 0) is 4.79 Å². The average molecular weight is 209 g/mol. The molecule has 3 nitrogen and oxygen atoms in total. The second kappa shape index (κ2) is 3.48. The SMILES string of the molecule is O=C(C1CC2CC2C1)N1CCC(CO)C1. The highest BCUT2D eigenvalue weighted by Crippen LogP contribution is 2.54. The van der Waals surface area contributed by atoms with Crippen LogP contribution in [0.5, 0.6) is 0 Å². The molecule has 2 aliphatic carbocycles. The summed E-state index contributed by atoms with van der Waals surface area (Å²) in [6.07, 6.45) is 4.65. The largest absolute Gasteiger partial charge is 0.396 e. The first-order chi connectivity index (χ1) is 7.28. The molecule has 0 spiro atoms. The van der Waals surface area contributed by atoms with Crippen LogP contribution < -0.4 is 0 Å². The molecule has 0 aromatic heterocycles. The zero-order chi connectivity index (χ0) is 10.4. The number of carbonyl (C=O) groups is 1. The number of nitrogens with zero attached hydrogens (tertiary/aromatic N) is 1. The first kappa shape index (κ1) is 9.64. The number of likely N-dealkylation sites (tertiary alicyclic amines) is 1. The van der Waals surface area contributed by atoms with Crippen molar-refractivity contribution in [2.24, 2.45) is 23.7 Å². The molecule has 1 aliphatic heterocycles. The van der Waals surface area contributed by atoms with Gasteiger partial charge in [0.05, 0.1) is 0 Å². The molecule has 0 radical (unpaired) electrons. The van der Waals surface area contributed by atoms with Gasteiger partial charge in [0.2, 0.25) is 5.91 Å². The first-order valence-electron chi connectivity index (χ1n) is 6.17. The molecule has 84 valence electrons. The van der Waals surface area contributed by atoms with Gasteiger partial charge in [0.1, 0.15) is 0 Å². The van der Waals surface area contributed by atoms with Crippen molar-refractivity contribution in [2.75, 3.05) is 19.7 Å². The van der Waals surface area contributed by atoms with Crippen LogP contribution in [0.3, 0.4) is 0 Å². The second-order valence-corrected chi connectivity index (χ2v) is 5.55. The Balaban J connectivity index is 1.56. The lowest BCUT2D eigenvalue weighted by molar-refractivity contribution is -0.134. The van der Waals surface area contributed by atoms with Crippen LogP contribution in [0.4, 0.5) is 0 Å². The molecule has 0 bridgehead atoms. The lowest BCUT2D eigenvalue weighted by Gasteiger charge is -2.21. The van der Waals surface area contributed by atoms with E-state index in [-0.39, 0.29) is 6.61 Å². The van der Waals surface area contributed by atoms with Gasteiger partial charge >= 0.3 is 0 Å². The van der Waals surface area contributed by atoms with Gasteiger partial charge < -0.3 is 10.0 Å². The number of hydrogen-bond donors (Lipinski definition) is 1. The number of aliphatic hydroxyl groups is 1. The van der Waals surface area contributed by atoms with Gasteiger partial charge in [-0.25, -0.2) is 0 Å². The molecule has 15 heavy (non-hydrogen) atoms. The Morgan fingerprint density at radius 3 is 2.60 bits per heavy atom. The topological polar surface area (TPSA) is 40.5 Å². The Kier molecular flexibility index (Phi) is 2.23. The third kappa shape index (κ3) is 1.67. The van der Waals surface area contributed by atoms with E-state index >= 15 is 0 Å². The van der Waals surface area contributed by atoms with Crippen molar-refractivity contribution in [1.29, 1.82) is 0 Å². The maximum atomic E-state index is 12.1. The molecular formula is C12H19NO2. The van der Waals surface area contributed by atoms with Crippen molar-refractivity contribution < 1.29 is 9.90 Å². The van der Waals surface area contributed by atoms with Crippen molar-refractivity contribution in [3.63, 3.8) is 0 Å². The Morgan fingerprint density at radius 1 is 1.27 bits per heavy atom. The molecule has 3 aliphatic rings. The summed E-state index contributed by atoms with van der Waals surface area (Å²) in [7, 11) is 0. The fraction of sp³-hybridized carbons (Fsp3) is 0.917. The Bertz CT molecular complexity index is 269. The molecule has 0 aromatic rings. The van der Waals surface area contributed by atoms with Crippen LogP contribution in [0.25, 0.3) is 0 Å². The summed E-state index contributed by atoms with van der Waals surface area (Å²) < 4.78 is 0. The number of rotatable bonds is 2. The molecule has 3 unspecified atom stereocenters. The van der Waals surface area contributed by atoms with Crippen LogP contribution >= 0.6 is 0 Å². The molecular weight excluding hydrogens is 190 g/mol. The predicted molar refractivity (Wildman–Crippen MR) is 56.1 cm³/mol.